The Balaban J connectivity index is 1.18. The van der Waals surface area contributed by atoms with E-state index >= 15 is 0 Å². The predicted octanol–water partition coefficient (Wildman–Crippen LogP) is 4.48. The molecule has 1 aliphatic carbocycles. The molecule has 2 aromatic carbocycles. The standard InChI is InChI=1S/C26H31FN4O2/c1-17-2-4-19(5-3-17)15-31-10-8-18(9-11-31)14-28-26-29-23-13-21(33-16-20-6-7-20)12-22(27)24(23)25(32)30-26/h2-5,12-13,18,20H,6-11,14-16H2,1H3,(H2,28,29,30,32). The number of anilines is 1. The van der Waals surface area contributed by atoms with Crippen LogP contribution in [0.2, 0.25) is 0 Å². The van der Waals surface area contributed by atoms with E-state index in [0.29, 0.717) is 35.7 Å². The number of rotatable bonds is 8. The molecule has 0 atom stereocenters. The molecule has 174 valence electrons. The van der Waals surface area contributed by atoms with Crippen LogP contribution in [0.15, 0.2) is 41.2 Å². The first-order valence-electron chi connectivity index (χ1n) is 11.9. The summed E-state index contributed by atoms with van der Waals surface area (Å²) in [5, 5.41) is 3.24. The molecule has 2 aliphatic rings. The minimum Gasteiger partial charge on any atom is -0.493 e. The summed E-state index contributed by atoms with van der Waals surface area (Å²) >= 11 is 0. The first-order valence-corrected chi connectivity index (χ1v) is 11.9. The Hall–Kier alpha value is -2.93. The van der Waals surface area contributed by atoms with Crippen LogP contribution in [-0.4, -0.2) is 41.1 Å². The number of piperidine rings is 1. The molecule has 0 spiro atoms. The largest absolute Gasteiger partial charge is 0.493 e. The van der Waals surface area contributed by atoms with Gasteiger partial charge in [0.25, 0.3) is 5.56 Å². The van der Waals surface area contributed by atoms with Gasteiger partial charge in [0, 0.05) is 25.2 Å². The Morgan fingerprint density at radius 3 is 2.61 bits per heavy atom. The molecule has 6 nitrogen and oxygen atoms in total. The first-order chi connectivity index (χ1) is 16.0. The van der Waals surface area contributed by atoms with Gasteiger partial charge < -0.3 is 10.1 Å². The number of halogens is 1. The predicted molar refractivity (Wildman–Crippen MR) is 128 cm³/mol. The first kappa shape index (κ1) is 21.9. The second-order valence-corrected chi connectivity index (χ2v) is 9.55. The lowest BCUT2D eigenvalue weighted by Gasteiger charge is -2.32. The van der Waals surface area contributed by atoms with Gasteiger partial charge in [-0.05, 0) is 63.1 Å². The Kier molecular flexibility index (Phi) is 6.31. The van der Waals surface area contributed by atoms with Crippen molar-refractivity contribution < 1.29 is 9.13 Å². The summed E-state index contributed by atoms with van der Waals surface area (Å²) in [6.07, 6.45) is 4.49. The zero-order valence-corrected chi connectivity index (χ0v) is 19.1. The maximum Gasteiger partial charge on any atom is 0.263 e. The minimum absolute atomic E-state index is 0.0243. The molecule has 2 fully saturated rings. The van der Waals surface area contributed by atoms with Gasteiger partial charge in [-0.25, -0.2) is 9.37 Å². The van der Waals surface area contributed by atoms with Gasteiger partial charge in [-0.1, -0.05) is 29.8 Å². The van der Waals surface area contributed by atoms with E-state index in [1.807, 2.05) is 0 Å². The molecule has 1 saturated carbocycles. The van der Waals surface area contributed by atoms with E-state index in [4.69, 9.17) is 4.74 Å². The van der Waals surface area contributed by atoms with Crippen LogP contribution >= 0.6 is 0 Å². The van der Waals surface area contributed by atoms with Crippen LogP contribution < -0.4 is 15.6 Å². The topological polar surface area (TPSA) is 70.2 Å². The van der Waals surface area contributed by atoms with Gasteiger partial charge in [-0.2, -0.15) is 0 Å². The number of hydrogen-bond acceptors (Lipinski definition) is 5. The lowest BCUT2D eigenvalue weighted by molar-refractivity contribution is 0.182. The van der Waals surface area contributed by atoms with Crippen molar-refractivity contribution in [3.05, 3.63) is 63.7 Å². The molecule has 0 unspecified atom stereocenters. The lowest BCUT2D eigenvalue weighted by Crippen LogP contribution is -2.35. The van der Waals surface area contributed by atoms with Crippen LogP contribution in [0.1, 0.15) is 36.8 Å². The zero-order chi connectivity index (χ0) is 22.8. The number of ether oxygens (including phenoxy) is 1. The molecule has 0 bridgehead atoms. The van der Waals surface area contributed by atoms with Crippen LogP contribution in [0.3, 0.4) is 0 Å². The summed E-state index contributed by atoms with van der Waals surface area (Å²) < 4.78 is 20.2. The summed E-state index contributed by atoms with van der Waals surface area (Å²) in [6.45, 7) is 6.51. The minimum atomic E-state index is -0.598. The van der Waals surface area contributed by atoms with Crippen molar-refractivity contribution in [3.63, 3.8) is 0 Å². The van der Waals surface area contributed by atoms with Crippen molar-refractivity contribution in [1.82, 2.24) is 14.9 Å². The van der Waals surface area contributed by atoms with Crippen molar-refractivity contribution >= 4 is 16.9 Å². The number of nitrogens with zero attached hydrogens (tertiary/aromatic N) is 2. The number of nitrogens with one attached hydrogen (secondary N) is 2. The fourth-order valence-electron chi connectivity index (χ4n) is 4.41. The summed E-state index contributed by atoms with van der Waals surface area (Å²) in [4.78, 5) is 22.1. The van der Waals surface area contributed by atoms with E-state index in [1.54, 1.807) is 6.07 Å². The molecule has 1 aromatic heterocycles. The summed E-state index contributed by atoms with van der Waals surface area (Å²) in [5.41, 5.74) is 2.48. The van der Waals surface area contributed by atoms with Gasteiger partial charge in [0.05, 0.1) is 12.1 Å². The number of likely N-dealkylation sites (tertiary alicyclic amines) is 1. The Labute approximate surface area is 193 Å². The average Bonchev–Trinajstić information content (AvgIpc) is 3.63. The Morgan fingerprint density at radius 1 is 1.12 bits per heavy atom. The molecule has 2 heterocycles. The van der Waals surface area contributed by atoms with Gasteiger partial charge in [0.2, 0.25) is 5.95 Å². The molecule has 33 heavy (non-hydrogen) atoms. The molecule has 0 radical (unpaired) electrons. The van der Waals surface area contributed by atoms with Crippen LogP contribution in [0.25, 0.3) is 10.9 Å². The number of hydrogen-bond donors (Lipinski definition) is 2. The van der Waals surface area contributed by atoms with Crippen LogP contribution in [0.4, 0.5) is 10.3 Å². The highest BCUT2D eigenvalue weighted by atomic mass is 19.1. The molecule has 1 saturated heterocycles. The average molecular weight is 451 g/mol. The summed E-state index contributed by atoms with van der Waals surface area (Å²) in [5.74, 6) is 1.28. The molecule has 3 aromatic rings. The van der Waals surface area contributed by atoms with Crippen molar-refractivity contribution in [2.45, 2.75) is 39.2 Å². The Morgan fingerprint density at radius 2 is 1.88 bits per heavy atom. The molecule has 2 N–H and O–H groups in total. The van der Waals surface area contributed by atoms with Crippen molar-refractivity contribution in [1.29, 1.82) is 0 Å². The zero-order valence-electron chi connectivity index (χ0n) is 19.1. The highest BCUT2D eigenvalue weighted by molar-refractivity contribution is 5.80. The maximum absolute atomic E-state index is 14.5. The number of aromatic nitrogens is 2. The van der Waals surface area contributed by atoms with Crippen LogP contribution in [0, 0.1) is 24.6 Å². The van der Waals surface area contributed by atoms with E-state index in [0.717, 1.165) is 51.9 Å². The molecular formula is C26H31FN4O2. The fourth-order valence-corrected chi connectivity index (χ4v) is 4.41. The second-order valence-electron chi connectivity index (χ2n) is 9.55. The SMILES string of the molecule is Cc1ccc(CN2CCC(CNc3nc4cc(OCC5CC5)cc(F)c4c(=O)[nH]3)CC2)cc1. The van der Waals surface area contributed by atoms with E-state index in [2.05, 4.69) is 51.4 Å². The number of aromatic amines is 1. The van der Waals surface area contributed by atoms with E-state index < -0.39 is 11.4 Å². The quantitative estimate of drug-likeness (QED) is 0.529. The third-order valence-electron chi connectivity index (χ3n) is 6.71. The highest BCUT2D eigenvalue weighted by Crippen LogP contribution is 2.30. The molecule has 5 rings (SSSR count). The highest BCUT2D eigenvalue weighted by Gasteiger charge is 2.23. The van der Waals surface area contributed by atoms with E-state index in [-0.39, 0.29) is 5.39 Å². The van der Waals surface area contributed by atoms with Crippen LogP contribution in [-0.2, 0) is 6.54 Å². The van der Waals surface area contributed by atoms with Crippen molar-refractivity contribution in [3.8, 4) is 5.75 Å². The van der Waals surface area contributed by atoms with Gasteiger partial charge in [-0.3, -0.25) is 14.7 Å². The van der Waals surface area contributed by atoms with Gasteiger partial charge in [0.15, 0.2) is 0 Å². The molecule has 7 heteroatoms. The number of H-pyrrole nitrogens is 1. The van der Waals surface area contributed by atoms with Crippen molar-refractivity contribution in [2.24, 2.45) is 11.8 Å². The third kappa shape index (κ3) is 5.53. The number of aryl methyl sites for hydroxylation is 1. The number of fused-ring (bicyclic) bond motifs is 1. The van der Waals surface area contributed by atoms with Crippen molar-refractivity contribution in [2.75, 3.05) is 31.6 Å². The Bertz CT molecular complexity index is 1170. The monoisotopic (exact) mass is 450 g/mol. The van der Waals surface area contributed by atoms with Crippen LogP contribution in [0.5, 0.6) is 5.75 Å². The second kappa shape index (κ2) is 9.51. The van der Waals surface area contributed by atoms with Gasteiger partial charge in [0.1, 0.15) is 17.0 Å². The van der Waals surface area contributed by atoms with E-state index in [9.17, 15) is 9.18 Å². The fraction of sp³-hybridized carbons (Fsp3) is 0.462. The smallest absolute Gasteiger partial charge is 0.263 e. The van der Waals surface area contributed by atoms with Gasteiger partial charge >= 0.3 is 0 Å². The normalized spacial score (nSPS) is 17.4. The number of benzene rings is 2. The lowest BCUT2D eigenvalue weighted by atomic mass is 9.96. The van der Waals surface area contributed by atoms with Gasteiger partial charge in [-0.15, -0.1) is 0 Å². The molecule has 1 aliphatic heterocycles. The van der Waals surface area contributed by atoms with E-state index in [1.165, 1.54) is 17.2 Å². The third-order valence-corrected chi connectivity index (χ3v) is 6.71. The summed E-state index contributed by atoms with van der Waals surface area (Å²) in [7, 11) is 0. The summed E-state index contributed by atoms with van der Waals surface area (Å²) in [6, 6.07) is 11.7. The molecular weight excluding hydrogens is 419 g/mol. The molecule has 0 amide bonds. The maximum atomic E-state index is 14.5.